The van der Waals surface area contributed by atoms with Gasteiger partial charge in [0.05, 0.1) is 33.3 Å². The average molecular weight is 302 g/mol. The summed E-state index contributed by atoms with van der Waals surface area (Å²) in [6, 6.07) is 6.15. The van der Waals surface area contributed by atoms with Crippen LogP contribution in [-0.2, 0) is 0 Å². The highest BCUT2D eigenvalue weighted by molar-refractivity contribution is 7.11. The lowest BCUT2D eigenvalue weighted by Gasteiger charge is -2.14. The van der Waals surface area contributed by atoms with Gasteiger partial charge in [0.25, 0.3) is 5.69 Å². The van der Waals surface area contributed by atoms with E-state index in [0.29, 0.717) is 11.3 Å². The maximum Gasteiger partial charge on any atom is 0.292 e. The van der Waals surface area contributed by atoms with Crippen LogP contribution in [0.25, 0.3) is 0 Å². The van der Waals surface area contributed by atoms with Crippen LogP contribution in [-0.4, -0.2) is 9.91 Å². The number of hydrogen-bond acceptors (Lipinski definition) is 6. The maximum absolute atomic E-state index is 11.1. The molecule has 0 spiro atoms. The summed E-state index contributed by atoms with van der Waals surface area (Å²) in [5.74, 6) is 0. The number of nitrogens with zero attached hydrogens (tertiary/aromatic N) is 3. The van der Waals surface area contributed by atoms with E-state index in [1.165, 1.54) is 18.2 Å². The van der Waals surface area contributed by atoms with Crippen LogP contribution in [0.4, 0.5) is 11.4 Å². The Morgan fingerprint density at radius 2 is 2.19 bits per heavy atom. The lowest BCUT2D eigenvalue weighted by atomic mass is 10.1. The van der Waals surface area contributed by atoms with Crippen LogP contribution in [0.3, 0.4) is 0 Å². The second kappa shape index (κ2) is 5.89. The highest BCUT2D eigenvalue weighted by Crippen LogP contribution is 2.32. The average Bonchev–Trinajstić information content (AvgIpc) is 2.77. The van der Waals surface area contributed by atoms with Crippen molar-refractivity contribution in [2.24, 2.45) is 0 Å². The van der Waals surface area contributed by atoms with E-state index in [1.54, 1.807) is 11.3 Å². The van der Waals surface area contributed by atoms with Gasteiger partial charge in [-0.15, -0.1) is 11.3 Å². The summed E-state index contributed by atoms with van der Waals surface area (Å²) in [6.07, 6.45) is 0. The first-order valence-electron chi connectivity index (χ1n) is 6.31. The van der Waals surface area contributed by atoms with Crippen molar-refractivity contribution in [3.05, 3.63) is 49.5 Å². The molecule has 2 aromatic rings. The van der Waals surface area contributed by atoms with Gasteiger partial charge in [-0.25, -0.2) is 4.98 Å². The predicted molar refractivity (Wildman–Crippen MR) is 81.4 cm³/mol. The molecule has 7 heteroatoms. The predicted octanol–water partition coefficient (Wildman–Crippen LogP) is 3.71. The van der Waals surface area contributed by atoms with Gasteiger partial charge < -0.3 is 5.32 Å². The van der Waals surface area contributed by atoms with Crippen LogP contribution in [0.15, 0.2) is 18.2 Å². The number of hydrogen-bond donors (Lipinski definition) is 1. The van der Waals surface area contributed by atoms with Gasteiger partial charge in [0.1, 0.15) is 5.69 Å². The molecule has 1 heterocycles. The molecule has 1 unspecified atom stereocenters. The molecule has 2 rings (SSSR count). The van der Waals surface area contributed by atoms with Crippen molar-refractivity contribution in [1.82, 2.24) is 4.98 Å². The highest BCUT2D eigenvalue weighted by atomic mass is 32.1. The fourth-order valence-electron chi connectivity index (χ4n) is 2.13. The zero-order valence-electron chi connectivity index (χ0n) is 11.9. The summed E-state index contributed by atoms with van der Waals surface area (Å²) in [7, 11) is 0. The molecule has 6 nitrogen and oxygen atoms in total. The normalized spacial score (nSPS) is 11.7. The molecule has 0 amide bonds. The Kier molecular flexibility index (Phi) is 4.19. The molecule has 0 aliphatic heterocycles. The van der Waals surface area contributed by atoms with E-state index in [-0.39, 0.29) is 11.7 Å². The Hall–Kier alpha value is -2.46. The largest absolute Gasteiger partial charge is 0.372 e. The molecule has 0 bridgehead atoms. The third-order valence-corrected chi connectivity index (χ3v) is 4.28. The molecule has 0 saturated heterocycles. The molecular formula is C14H14N4O2S. The molecule has 1 aromatic carbocycles. The Morgan fingerprint density at radius 1 is 1.48 bits per heavy atom. The summed E-state index contributed by atoms with van der Waals surface area (Å²) < 4.78 is 0. The molecule has 0 aliphatic rings. The topological polar surface area (TPSA) is 91.8 Å². The Balaban J connectivity index is 2.36. The van der Waals surface area contributed by atoms with Gasteiger partial charge in [0.15, 0.2) is 0 Å². The third kappa shape index (κ3) is 3.17. The molecule has 0 fully saturated rings. The van der Waals surface area contributed by atoms with Crippen molar-refractivity contribution >= 4 is 22.7 Å². The van der Waals surface area contributed by atoms with Gasteiger partial charge in [-0.3, -0.25) is 10.1 Å². The van der Waals surface area contributed by atoms with E-state index < -0.39 is 4.92 Å². The van der Waals surface area contributed by atoms with E-state index in [1.807, 2.05) is 26.8 Å². The van der Waals surface area contributed by atoms with Gasteiger partial charge in [0.2, 0.25) is 0 Å². The van der Waals surface area contributed by atoms with Crippen molar-refractivity contribution in [3.63, 3.8) is 0 Å². The number of aryl methyl sites for hydroxylation is 2. The fourth-order valence-corrected chi connectivity index (χ4v) is 3.06. The number of nitriles is 1. The minimum Gasteiger partial charge on any atom is -0.372 e. The molecule has 108 valence electrons. The number of rotatable bonds is 4. The Bertz CT molecular complexity index is 733. The molecule has 21 heavy (non-hydrogen) atoms. The van der Waals surface area contributed by atoms with Crippen molar-refractivity contribution in [3.8, 4) is 6.07 Å². The second-order valence-corrected chi connectivity index (χ2v) is 5.88. The minimum absolute atomic E-state index is 0.0419. The molecular weight excluding hydrogens is 288 g/mol. The number of nitrogens with one attached hydrogen (secondary N) is 1. The van der Waals surface area contributed by atoms with Crippen LogP contribution in [0.2, 0.25) is 0 Å². The van der Waals surface area contributed by atoms with Gasteiger partial charge >= 0.3 is 0 Å². The van der Waals surface area contributed by atoms with Crippen molar-refractivity contribution in [2.45, 2.75) is 26.8 Å². The third-order valence-electron chi connectivity index (χ3n) is 3.03. The van der Waals surface area contributed by atoms with Crippen molar-refractivity contribution in [1.29, 1.82) is 5.26 Å². The summed E-state index contributed by atoms with van der Waals surface area (Å²) in [5, 5.41) is 24.1. The zero-order chi connectivity index (χ0) is 15.6. The number of anilines is 1. The molecule has 0 saturated carbocycles. The fraction of sp³-hybridized carbons (Fsp3) is 0.286. The Labute approximate surface area is 126 Å². The smallest absolute Gasteiger partial charge is 0.292 e. The molecule has 1 aromatic heterocycles. The highest BCUT2D eigenvalue weighted by Gasteiger charge is 2.19. The zero-order valence-corrected chi connectivity index (χ0v) is 12.7. The van der Waals surface area contributed by atoms with E-state index in [9.17, 15) is 10.1 Å². The van der Waals surface area contributed by atoms with Crippen LogP contribution in [0.1, 0.15) is 34.1 Å². The number of thiazole rings is 1. The van der Waals surface area contributed by atoms with E-state index in [2.05, 4.69) is 10.3 Å². The van der Waals surface area contributed by atoms with Gasteiger partial charge in [0, 0.05) is 10.9 Å². The number of benzene rings is 1. The first-order valence-corrected chi connectivity index (χ1v) is 7.13. The van der Waals surface area contributed by atoms with Gasteiger partial charge in [-0.1, -0.05) is 0 Å². The first-order chi connectivity index (χ1) is 9.92. The van der Waals surface area contributed by atoms with Crippen LogP contribution < -0.4 is 5.32 Å². The minimum atomic E-state index is -0.457. The summed E-state index contributed by atoms with van der Waals surface area (Å²) in [4.78, 5) is 16.0. The molecule has 0 aliphatic carbocycles. The standard InChI is InChI=1S/C14H14N4O2S/c1-8-14(21-10(3)16-8)9(2)17-12-6-11(7-15)4-5-13(12)18(19)20/h4-6,9,17H,1-3H3. The van der Waals surface area contributed by atoms with Crippen LogP contribution in [0.5, 0.6) is 0 Å². The second-order valence-electron chi connectivity index (χ2n) is 4.65. The van der Waals surface area contributed by atoms with Crippen molar-refractivity contribution in [2.75, 3.05) is 5.32 Å². The number of aromatic nitrogens is 1. The van der Waals surface area contributed by atoms with E-state index in [0.717, 1.165) is 15.6 Å². The number of nitro groups is 1. The summed E-state index contributed by atoms with van der Waals surface area (Å²) >= 11 is 1.56. The summed E-state index contributed by atoms with van der Waals surface area (Å²) in [5.41, 5.74) is 1.60. The van der Waals surface area contributed by atoms with E-state index >= 15 is 0 Å². The Morgan fingerprint density at radius 3 is 2.71 bits per heavy atom. The van der Waals surface area contributed by atoms with Crippen molar-refractivity contribution < 1.29 is 4.92 Å². The van der Waals surface area contributed by atoms with E-state index in [4.69, 9.17) is 5.26 Å². The van der Waals surface area contributed by atoms with Gasteiger partial charge in [-0.05, 0) is 32.9 Å². The number of nitro benzene ring substituents is 1. The molecule has 0 radical (unpaired) electrons. The molecule has 1 atom stereocenters. The van der Waals surface area contributed by atoms with Gasteiger partial charge in [-0.2, -0.15) is 5.26 Å². The lowest BCUT2D eigenvalue weighted by molar-refractivity contribution is -0.384. The quantitative estimate of drug-likeness (QED) is 0.686. The summed E-state index contributed by atoms with van der Waals surface area (Å²) in [6.45, 7) is 5.76. The first kappa shape index (κ1) is 14.9. The monoisotopic (exact) mass is 302 g/mol. The molecule has 1 N–H and O–H groups in total. The van der Waals surface area contributed by atoms with Crippen LogP contribution in [0, 0.1) is 35.3 Å². The lowest BCUT2D eigenvalue weighted by Crippen LogP contribution is -2.08. The van der Waals surface area contributed by atoms with Crippen LogP contribution >= 0.6 is 11.3 Å². The SMILES string of the molecule is Cc1nc(C)c(C(C)Nc2cc(C#N)ccc2[N+](=O)[O-])s1. The maximum atomic E-state index is 11.1.